The second-order valence-electron chi connectivity index (χ2n) is 6.70. The molecule has 0 aliphatic carbocycles. The number of benzene rings is 1. The number of alkyl halides is 3. The minimum Gasteiger partial charge on any atom is -0.412 e. The predicted octanol–water partition coefficient (Wildman–Crippen LogP) is 4.60. The van der Waals surface area contributed by atoms with Crippen molar-refractivity contribution in [1.29, 1.82) is 0 Å². The number of ether oxygens (including phenoxy) is 1. The molecule has 0 heterocycles. The highest BCUT2D eigenvalue weighted by Crippen LogP contribution is 2.38. The first-order valence-electron chi connectivity index (χ1n) is 6.98. The Labute approximate surface area is 130 Å². The van der Waals surface area contributed by atoms with Gasteiger partial charge in [-0.3, -0.25) is 0 Å². The van der Waals surface area contributed by atoms with E-state index < -0.39 is 14.7 Å². The van der Waals surface area contributed by atoms with Gasteiger partial charge in [-0.15, -0.1) is 13.2 Å². The highest BCUT2D eigenvalue weighted by molar-refractivity contribution is 6.74. The van der Waals surface area contributed by atoms with Gasteiger partial charge >= 0.3 is 6.36 Å². The number of aliphatic hydroxyl groups excluding tert-OH is 1. The number of aliphatic hydroxyl groups is 1. The Hall–Kier alpha value is -1.05. The van der Waals surface area contributed by atoms with Gasteiger partial charge in [0.2, 0.25) is 0 Å². The molecule has 1 N–H and O–H groups in total. The first-order chi connectivity index (χ1) is 9.86. The Morgan fingerprint density at radius 3 is 2.18 bits per heavy atom. The zero-order valence-electron chi connectivity index (χ0n) is 13.5. The van der Waals surface area contributed by atoms with Gasteiger partial charge in [0.05, 0.1) is 13.2 Å². The molecule has 1 aromatic carbocycles. The largest absolute Gasteiger partial charge is 0.573 e. The normalized spacial score (nSPS) is 13.3. The topological polar surface area (TPSA) is 38.7 Å². The van der Waals surface area contributed by atoms with Crippen molar-refractivity contribution in [2.24, 2.45) is 0 Å². The zero-order valence-corrected chi connectivity index (χ0v) is 14.5. The van der Waals surface area contributed by atoms with Crippen LogP contribution in [0.4, 0.5) is 13.2 Å². The molecule has 0 unspecified atom stereocenters. The van der Waals surface area contributed by atoms with Crippen molar-refractivity contribution in [1.82, 2.24) is 0 Å². The Morgan fingerprint density at radius 1 is 1.14 bits per heavy atom. The van der Waals surface area contributed by atoms with Gasteiger partial charge < -0.3 is 14.3 Å². The molecule has 0 atom stereocenters. The minimum absolute atomic E-state index is 0.0236. The van der Waals surface area contributed by atoms with Crippen LogP contribution in [0.1, 0.15) is 31.9 Å². The van der Waals surface area contributed by atoms with Crippen LogP contribution in [0, 0.1) is 0 Å². The quantitative estimate of drug-likeness (QED) is 0.799. The SMILES string of the molecule is CC(C)(C)[Si](C)(C)OCc1cc(CO)ccc1OC(F)(F)F. The molecular formula is C15H23F3O3Si. The summed E-state index contributed by atoms with van der Waals surface area (Å²) < 4.78 is 47.4. The van der Waals surface area contributed by atoms with Crippen LogP contribution < -0.4 is 4.74 Å². The molecule has 0 bridgehead atoms. The van der Waals surface area contributed by atoms with Gasteiger partial charge in [0.25, 0.3) is 0 Å². The average Bonchev–Trinajstić information content (AvgIpc) is 2.34. The van der Waals surface area contributed by atoms with Crippen LogP contribution in [0.15, 0.2) is 18.2 Å². The molecular weight excluding hydrogens is 313 g/mol. The van der Waals surface area contributed by atoms with E-state index in [1.807, 2.05) is 13.1 Å². The van der Waals surface area contributed by atoms with E-state index in [0.29, 0.717) is 5.56 Å². The second-order valence-corrected chi connectivity index (χ2v) is 11.5. The number of hydrogen-bond donors (Lipinski definition) is 1. The summed E-state index contributed by atoms with van der Waals surface area (Å²) in [5.41, 5.74) is 0.803. The lowest BCUT2D eigenvalue weighted by Gasteiger charge is -2.36. The summed E-state index contributed by atoms with van der Waals surface area (Å²) in [6, 6.07) is 4.09. The zero-order chi connectivity index (χ0) is 17.2. The van der Waals surface area contributed by atoms with Crippen LogP contribution in [0.3, 0.4) is 0 Å². The van der Waals surface area contributed by atoms with Crippen molar-refractivity contribution < 1.29 is 27.4 Å². The van der Waals surface area contributed by atoms with E-state index in [2.05, 4.69) is 25.5 Å². The predicted molar refractivity (Wildman–Crippen MR) is 81.0 cm³/mol. The van der Waals surface area contributed by atoms with Crippen LogP contribution >= 0.6 is 0 Å². The van der Waals surface area contributed by atoms with E-state index >= 15 is 0 Å². The molecule has 7 heteroatoms. The molecule has 0 saturated carbocycles. The summed E-state index contributed by atoms with van der Waals surface area (Å²) in [5.74, 6) is -0.289. The molecule has 0 aliphatic heterocycles. The van der Waals surface area contributed by atoms with E-state index in [9.17, 15) is 13.2 Å². The molecule has 0 fully saturated rings. The maximum atomic E-state index is 12.5. The molecule has 0 spiro atoms. The molecule has 0 aromatic heterocycles. The van der Waals surface area contributed by atoms with Crippen LogP contribution in [-0.4, -0.2) is 19.8 Å². The van der Waals surface area contributed by atoms with Crippen molar-refractivity contribution >= 4 is 8.32 Å². The lowest BCUT2D eigenvalue weighted by atomic mass is 10.1. The summed E-state index contributed by atoms with van der Waals surface area (Å²) in [6.07, 6.45) is -4.76. The van der Waals surface area contributed by atoms with Gasteiger partial charge in [-0.1, -0.05) is 26.8 Å². The molecule has 3 nitrogen and oxygen atoms in total. The van der Waals surface area contributed by atoms with Gasteiger partial charge in [-0.2, -0.15) is 0 Å². The first-order valence-corrected chi connectivity index (χ1v) is 9.89. The average molecular weight is 336 g/mol. The third-order valence-corrected chi connectivity index (χ3v) is 8.41. The standard InChI is InChI=1S/C15H23F3O3Si/c1-14(2,3)22(4,5)20-10-12-8-11(9-19)6-7-13(12)21-15(16,17)18/h6-8,19H,9-10H2,1-5H3. The van der Waals surface area contributed by atoms with E-state index in [4.69, 9.17) is 9.53 Å². The Balaban J connectivity index is 3.01. The molecule has 22 heavy (non-hydrogen) atoms. The highest BCUT2D eigenvalue weighted by Gasteiger charge is 2.37. The van der Waals surface area contributed by atoms with E-state index in [1.165, 1.54) is 18.2 Å². The summed E-state index contributed by atoms with van der Waals surface area (Å²) in [7, 11) is -2.10. The van der Waals surface area contributed by atoms with Crippen LogP contribution in [0.2, 0.25) is 18.1 Å². The summed E-state index contributed by atoms with van der Waals surface area (Å²) >= 11 is 0. The van der Waals surface area contributed by atoms with Crippen LogP contribution in [0.25, 0.3) is 0 Å². The fraction of sp³-hybridized carbons (Fsp3) is 0.600. The third-order valence-electron chi connectivity index (χ3n) is 3.93. The molecule has 0 amide bonds. The number of hydrogen-bond acceptors (Lipinski definition) is 3. The summed E-state index contributed by atoms with van der Waals surface area (Å²) in [5, 5.41) is 9.10. The lowest BCUT2D eigenvalue weighted by molar-refractivity contribution is -0.275. The fourth-order valence-electron chi connectivity index (χ4n) is 1.54. The molecule has 0 aliphatic rings. The maximum absolute atomic E-state index is 12.5. The minimum atomic E-state index is -4.76. The van der Waals surface area contributed by atoms with Gasteiger partial charge in [0.1, 0.15) is 5.75 Å². The smallest absolute Gasteiger partial charge is 0.412 e. The molecule has 0 saturated heterocycles. The van der Waals surface area contributed by atoms with E-state index in [0.717, 1.165) is 0 Å². The molecule has 126 valence electrons. The maximum Gasteiger partial charge on any atom is 0.573 e. The third kappa shape index (κ3) is 5.30. The monoisotopic (exact) mass is 336 g/mol. The van der Waals surface area contributed by atoms with Crippen molar-refractivity contribution in [2.75, 3.05) is 0 Å². The van der Waals surface area contributed by atoms with Crippen molar-refractivity contribution in [3.63, 3.8) is 0 Å². The first kappa shape index (κ1) is 19.0. The van der Waals surface area contributed by atoms with Crippen LogP contribution in [-0.2, 0) is 17.6 Å². The summed E-state index contributed by atoms with van der Waals surface area (Å²) in [4.78, 5) is 0. The van der Waals surface area contributed by atoms with Gasteiger partial charge in [-0.05, 0) is 35.8 Å². The Morgan fingerprint density at radius 2 is 1.73 bits per heavy atom. The van der Waals surface area contributed by atoms with Crippen molar-refractivity contribution in [2.45, 2.75) is 58.5 Å². The molecule has 0 radical (unpaired) electrons. The van der Waals surface area contributed by atoms with E-state index in [-0.39, 0.29) is 29.6 Å². The Bertz CT molecular complexity index is 508. The highest BCUT2D eigenvalue weighted by atomic mass is 28.4. The second kappa shape index (κ2) is 6.60. The van der Waals surface area contributed by atoms with Crippen molar-refractivity contribution in [3.8, 4) is 5.75 Å². The van der Waals surface area contributed by atoms with Gasteiger partial charge in [0.15, 0.2) is 8.32 Å². The number of rotatable bonds is 5. The van der Waals surface area contributed by atoms with Crippen molar-refractivity contribution in [3.05, 3.63) is 29.3 Å². The van der Waals surface area contributed by atoms with E-state index in [1.54, 1.807) is 0 Å². The summed E-state index contributed by atoms with van der Waals surface area (Å²) in [6.45, 7) is 9.97. The molecule has 1 rings (SSSR count). The lowest BCUT2D eigenvalue weighted by Crippen LogP contribution is -2.40. The number of halogens is 3. The van der Waals surface area contributed by atoms with Crippen LogP contribution in [0.5, 0.6) is 5.75 Å². The van der Waals surface area contributed by atoms with Gasteiger partial charge in [0, 0.05) is 5.56 Å². The molecule has 1 aromatic rings. The van der Waals surface area contributed by atoms with Gasteiger partial charge in [-0.25, -0.2) is 0 Å². The fourth-order valence-corrected chi connectivity index (χ4v) is 2.49. The Kier molecular flexibility index (Phi) is 5.70.